The van der Waals surface area contributed by atoms with Crippen molar-refractivity contribution in [1.82, 2.24) is 4.98 Å². The Labute approximate surface area is 114 Å². The first-order chi connectivity index (χ1) is 9.65. The van der Waals surface area contributed by atoms with Gasteiger partial charge in [-0.05, 0) is 35.4 Å². The van der Waals surface area contributed by atoms with Crippen LogP contribution in [0, 0.1) is 11.6 Å². The number of pyridine rings is 1. The van der Waals surface area contributed by atoms with E-state index in [1.165, 1.54) is 12.1 Å². The minimum atomic E-state index is -0.631. The topological polar surface area (TPSA) is 38.9 Å². The van der Waals surface area contributed by atoms with E-state index in [9.17, 15) is 8.78 Å². The number of hydrogen-bond donors (Lipinski definition) is 1. The van der Waals surface area contributed by atoms with Crippen molar-refractivity contribution in [3.05, 3.63) is 77.5 Å². The summed E-state index contributed by atoms with van der Waals surface area (Å²) in [6, 6.07) is 12.0. The SMILES string of the molecule is NC(c1cc(F)cc(F)c1)c1cccc2ncccc12. The Bertz CT molecular complexity index is 746. The molecule has 20 heavy (non-hydrogen) atoms. The van der Waals surface area contributed by atoms with E-state index >= 15 is 0 Å². The zero-order valence-electron chi connectivity index (χ0n) is 10.6. The van der Waals surface area contributed by atoms with Crippen molar-refractivity contribution in [2.45, 2.75) is 6.04 Å². The third kappa shape index (κ3) is 2.26. The summed E-state index contributed by atoms with van der Waals surface area (Å²) in [6.45, 7) is 0. The van der Waals surface area contributed by atoms with Gasteiger partial charge in [0, 0.05) is 17.6 Å². The van der Waals surface area contributed by atoms with Crippen LogP contribution in [-0.4, -0.2) is 4.98 Å². The number of halogens is 2. The van der Waals surface area contributed by atoms with E-state index in [2.05, 4.69) is 4.98 Å². The van der Waals surface area contributed by atoms with E-state index in [4.69, 9.17) is 5.73 Å². The van der Waals surface area contributed by atoms with Gasteiger partial charge < -0.3 is 5.73 Å². The second-order valence-corrected chi connectivity index (χ2v) is 4.60. The van der Waals surface area contributed by atoms with E-state index in [0.717, 1.165) is 22.5 Å². The van der Waals surface area contributed by atoms with Crippen LogP contribution in [-0.2, 0) is 0 Å². The molecule has 0 spiro atoms. The van der Waals surface area contributed by atoms with Gasteiger partial charge in [0.1, 0.15) is 11.6 Å². The van der Waals surface area contributed by atoms with Crippen molar-refractivity contribution in [3.8, 4) is 0 Å². The standard InChI is InChI=1S/C16H12F2N2/c17-11-7-10(8-12(18)9-11)16(19)14-3-1-5-15-13(14)4-2-6-20-15/h1-9,16H,19H2. The van der Waals surface area contributed by atoms with Gasteiger partial charge in [-0.15, -0.1) is 0 Å². The number of benzene rings is 2. The second kappa shape index (κ2) is 4.98. The molecule has 0 saturated carbocycles. The molecule has 0 radical (unpaired) electrons. The number of fused-ring (bicyclic) bond motifs is 1. The third-order valence-electron chi connectivity index (χ3n) is 3.26. The molecule has 0 bridgehead atoms. The Morgan fingerprint density at radius 2 is 1.70 bits per heavy atom. The summed E-state index contributed by atoms with van der Waals surface area (Å²) in [4.78, 5) is 4.25. The molecule has 1 unspecified atom stereocenters. The Morgan fingerprint density at radius 3 is 2.45 bits per heavy atom. The van der Waals surface area contributed by atoms with Gasteiger partial charge in [0.05, 0.1) is 11.6 Å². The summed E-state index contributed by atoms with van der Waals surface area (Å²) in [5.41, 5.74) is 8.16. The fraction of sp³-hybridized carbons (Fsp3) is 0.0625. The minimum absolute atomic E-state index is 0.402. The molecule has 1 atom stereocenters. The van der Waals surface area contributed by atoms with Crippen molar-refractivity contribution in [2.24, 2.45) is 5.73 Å². The maximum atomic E-state index is 13.3. The van der Waals surface area contributed by atoms with Crippen molar-refractivity contribution in [3.63, 3.8) is 0 Å². The van der Waals surface area contributed by atoms with Crippen LogP contribution in [0.15, 0.2) is 54.7 Å². The van der Waals surface area contributed by atoms with E-state index in [1.807, 2.05) is 30.3 Å². The summed E-state index contributed by atoms with van der Waals surface area (Å²) in [7, 11) is 0. The fourth-order valence-electron chi connectivity index (χ4n) is 2.33. The molecule has 1 heterocycles. The lowest BCUT2D eigenvalue weighted by atomic mass is 9.96. The first kappa shape index (κ1) is 12.7. The van der Waals surface area contributed by atoms with Crippen LogP contribution in [0.2, 0.25) is 0 Å². The summed E-state index contributed by atoms with van der Waals surface area (Å²) < 4.78 is 26.6. The Morgan fingerprint density at radius 1 is 0.950 bits per heavy atom. The minimum Gasteiger partial charge on any atom is -0.320 e. The lowest BCUT2D eigenvalue weighted by Crippen LogP contribution is -2.13. The molecule has 0 aliphatic heterocycles. The zero-order chi connectivity index (χ0) is 14.1. The summed E-state index contributed by atoms with van der Waals surface area (Å²) in [6.07, 6.45) is 1.69. The molecule has 1 aromatic heterocycles. The van der Waals surface area contributed by atoms with Gasteiger partial charge in [0.15, 0.2) is 0 Å². The van der Waals surface area contributed by atoms with Crippen molar-refractivity contribution < 1.29 is 8.78 Å². The molecule has 0 saturated heterocycles. The van der Waals surface area contributed by atoms with Gasteiger partial charge in [-0.2, -0.15) is 0 Å². The molecule has 2 nitrogen and oxygen atoms in total. The van der Waals surface area contributed by atoms with E-state index in [0.29, 0.717) is 5.56 Å². The van der Waals surface area contributed by atoms with Gasteiger partial charge >= 0.3 is 0 Å². The molecule has 0 aliphatic rings. The first-order valence-electron chi connectivity index (χ1n) is 6.20. The summed E-state index contributed by atoms with van der Waals surface area (Å²) >= 11 is 0. The molecule has 2 N–H and O–H groups in total. The highest BCUT2D eigenvalue weighted by atomic mass is 19.1. The lowest BCUT2D eigenvalue weighted by Gasteiger charge is -2.15. The normalized spacial score (nSPS) is 12.6. The molecule has 3 rings (SSSR count). The maximum absolute atomic E-state index is 13.3. The highest BCUT2D eigenvalue weighted by Crippen LogP contribution is 2.27. The van der Waals surface area contributed by atoms with E-state index in [-0.39, 0.29) is 0 Å². The average molecular weight is 270 g/mol. The van der Waals surface area contributed by atoms with Gasteiger partial charge in [0.25, 0.3) is 0 Å². The van der Waals surface area contributed by atoms with Gasteiger partial charge in [0.2, 0.25) is 0 Å². The van der Waals surface area contributed by atoms with Crippen molar-refractivity contribution in [2.75, 3.05) is 0 Å². The molecule has 2 aromatic carbocycles. The van der Waals surface area contributed by atoms with Crippen LogP contribution in [0.5, 0.6) is 0 Å². The van der Waals surface area contributed by atoms with Crippen LogP contribution in [0.4, 0.5) is 8.78 Å². The van der Waals surface area contributed by atoms with E-state index < -0.39 is 17.7 Å². The fourth-order valence-corrected chi connectivity index (χ4v) is 2.33. The van der Waals surface area contributed by atoms with Crippen molar-refractivity contribution in [1.29, 1.82) is 0 Å². The van der Waals surface area contributed by atoms with Gasteiger partial charge in [-0.25, -0.2) is 8.78 Å². The maximum Gasteiger partial charge on any atom is 0.126 e. The lowest BCUT2D eigenvalue weighted by molar-refractivity contribution is 0.577. The van der Waals surface area contributed by atoms with Crippen LogP contribution >= 0.6 is 0 Å². The Kier molecular flexibility index (Phi) is 3.16. The number of nitrogens with zero attached hydrogens (tertiary/aromatic N) is 1. The van der Waals surface area contributed by atoms with Crippen LogP contribution in [0.3, 0.4) is 0 Å². The molecule has 0 amide bonds. The molecule has 4 heteroatoms. The second-order valence-electron chi connectivity index (χ2n) is 4.60. The first-order valence-corrected chi connectivity index (χ1v) is 6.20. The quantitative estimate of drug-likeness (QED) is 0.773. The molecule has 100 valence electrons. The van der Waals surface area contributed by atoms with Crippen molar-refractivity contribution >= 4 is 10.9 Å². The summed E-state index contributed by atoms with van der Waals surface area (Å²) in [5, 5.41) is 0.882. The highest BCUT2D eigenvalue weighted by molar-refractivity contribution is 5.82. The van der Waals surface area contributed by atoms with Crippen LogP contribution in [0.25, 0.3) is 10.9 Å². The zero-order valence-corrected chi connectivity index (χ0v) is 10.6. The molecular weight excluding hydrogens is 258 g/mol. The molecule has 0 aliphatic carbocycles. The number of hydrogen-bond acceptors (Lipinski definition) is 2. The summed E-state index contributed by atoms with van der Waals surface area (Å²) in [5.74, 6) is -1.26. The number of rotatable bonds is 2. The molecule has 0 fully saturated rings. The third-order valence-corrected chi connectivity index (χ3v) is 3.26. The smallest absolute Gasteiger partial charge is 0.126 e. The number of aromatic nitrogens is 1. The predicted molar refractivity (Wildman–Crippen MR) is 74.1 cm³/mol. The number of nitrogens with two attached hydrogens (primary N) is 1. The van der Waals surface area contributed by atoms with E-state index in [1.54, 1.807) is 6.20 Å². The van der Waals surface area contributed by atoms with Crippen LogP contribution in [0.1, 0.15) is 17.2 Å². The highest BCUT2D eigenvalue weighted by Gasteiger charge is 2.14. The Balaban J connectivity index is 2.15. The predicted octanol–water partition coefficient (Wildman–Crippen LogP) is 3.56. The average Bonchev–Trinajstić information content (AvgIpc) is 2.45. The largest absolute Gasteiger partial charge is 0.320 e. The monoisotopic (exact) mass is 270 g/mol. The Hall–Kier alpha value is -2.33. The van der Waals surface area contributed by atoms with Crippen LogP contribution < -0.4 is 5.73 Å². The molecular formula is C16H12F2N2. The van der Waals surface area contributed by atoms with Gasteiger partial charge in [-0.1, -0.05) is 18.2 Å². The van der Waals surface area contributed by atoms with Gasteiger partial charge in [-0.3, -0.25) is 4.98 Å². The molecule has 3 aromatic rings.